The molecule has 0 bridgehead atoms. The highest BCUT2D eigenvalue weighted by Crippen LogP contribution is 2.29. The largest absolute Gasteiger partial charge is 0.442 e. The number of aromatic nitrogens is 4. The molecule has 11 heteroatoms. The number of ether oxygens (including phenoxy) is 1. The number of sulfone groups is 1. The van der Waals surface area contributed by atoms with Crippen molar-refractivity contribution in [1.29, 1.82) is 0 Å². The summed E-state index contributed by atoms with van der Waals surface area (Å²) in [5.41, 5.74) is 1.56. The highest BCUT2D eigenvalue weighted by Gasteiger charge is 2.33. The third-order valence-corrected chi connectivity index (χ3v) is 5.37. The number of carbonyl (C=O) groups is 1. The second kappa shape index (κ2) is 7.82. The number of hydrogen-bond donors (Lipinski definition) is 0. The molecule has 3 heterocycles. The van der Waals surface area contributed by atoms with Crippen LogP contribution in [0.25, 0.3) is 11.1 Å². The predicted octanol–water partition coefficient (Wildman–Crippen LogP) is 2.05. The average molecular weight is 431 g/mol. The monoisotopic (exact) mass is 431 g/mol. The summed E-state index contributed by atoms with van der Waals surface area (Å²) in [6, 6.07) is 7.61. The second-order valence-corrected chi connectivity index (χ2v) is 9.15. The van der Waals surface area contributed by atoms with Crippen molar-refractivity contribution in [1.82, 2.24) is 20.0 Å². The maximum absolute atomic E-state index is 14.8. The number of rotatable bonds is 6. The minimum Gasteiger partial charge on any atom is -0.442 e. The number of amides is 1. The lowest BCUT2D eigenvalue weighted by atomic mass is 10.1. The van der Waals surface area contributed by atoms with Crippen molar-refractivity contribution in [2.45, 2.75) is 18.4 Å². The van der Waals surface area contributed by atoms with Crippen LogP contribution in [-0.4, -0.2) is 53.4 Å². The Hall–Kier alpha value is -3.34. The maximum atomic E-state index is 14.8. The summed E-state index contributed by atoms with van der Waals surface area (Å²) < 4.78 is 44.4. The summed E-state index contributed by atoms with van der Waals surface area (Å²) in [5, 5.41) is 7.55. The first-order valence-electron chi connectivity index (χ1n) is 9.03. The highest BCUT2D eigenvalue weighted by atomic mass is 32.2. The minimum absolute atomic E-state index is 0.179. The molecule has 9 nitrogen and oxygen atoms in total. The molecule has 1 saturated heterocycles. The second-order valence-electron chi connectivity index (χ2n) is 7.01. The number of pyridine rings is 1. The van der Waals surface area contributed by atoms with Gasteiger partial charge in [-0.2, -0.15) is 0 Å². The number of anilines is 1. The van der Waals surface area contributed by atoms with Crippen LogP contribution >= 0.6 is 0 Å². The van der Waals surface area contributed by atoms with Crippen LogP contribution < -0.4 is 4.90 Å². The van der Waals surface area contributed by atoms with Gasteiger partial charge in [0.1, 0.15) is 11.9 Å². The molecule has 0 radical (unpaired) electrons. The molecule has 0 unspecified atom stereocenters. The van der Waals surface area contributed by atoms with E-state index in [0.29, 0.717) is 29.1 Å². The minimum atomic E-state index is -3.20. The quantitative estimate of drug-likeness (QED) is 0.588. The Morgan fingerprint density at radius 1 is 1.27 bits per heavy atom. The van der Waals surface area contributed by atoms with Crippen molar-refractivity contribution >= 4 is 21.6 Å². The lowest BCUT2D eigenvalue weighted by Crippen LogP contribution is -2.26. The van der Waals surface area contributed by atoms with Gasteiger partial charge in [-0.15, -0.1) is 5.10 Å². The van der Waals surface area contributed by atoms with Crippen molar-refractivity contribution in [2.24, 2.45) is 0 Å². The number of cyclic esters (lactones) is 1. The molecule has 1 fully saturated rings. The topological polar surface area (TPSA) is 107 Å². The zero-order valence-electron chi connectivity index (χ0n) is 16.0. The molecule has 1 aliphatic heterocycles. The lowest BCUT2D eigenvalue weighted by molar-refractivity contribution is 0.129. The smallest absolute Gasteiger partial charge is 0.414 e. The molecule has 1 aromatic carbocycles. The van der Waals surface area contributed by atoms with E-state index in [1.165, 1.54) is 23.4 Å². The number of halogens is 1. The van der Waals surface area contributed by atoms with Gasteiger partial charge in [0.2, 0.25) is 0 Å². The fourth-order valence-electron chi connectivity index (χ4n) is 3.21. The van der Waals surface area contributed by atoms with Crippen molar-refractivity contribution in [3.63, 3.8) is 0 Å². The van der Waals surface area contributed by atoms with Crippen LogP contribution in [0.5, 0.6) is 0 Å². The molecule has 0 saturated carbocycles. The van der Waals surface area contributed by atoms with E-state index in [2.05, 4.69) is 15.3 Å². The Morgan fingerprint density at radius 3 is 2.73 bits per heavy atom. The number of hydrogen-bond acceptors (Lipinski definition) is 7. The first-order chi connectivity index (χ1) is 14.3. The first-order valence-corrected chi connectivity index (χ1v) is 11.1. The Morgan fingerprint density at radius 2 is 2.10 bits per heavy atom. The summed E-state index contributed by atoms with van der Waals surface area (Å²) in [6.45, 7) is 0.619. The van der Waals surface area contributed by atoms with Gasteiger partial charge < -0.3 is 4.74 Å². The molecule has 30 heavy (non-hydrogen) atoms. The predicted molar refractivity (Wildman–Crippen MR) is 106 cm³/mol. The zero-order valence-corrected chi connectivity index (χ0v) is 16.8. The zero-order chi connectivity index (χ0) is 21.3. The summed E-state index contributed by atoms with van der Waals surface area (Å²) in [5.74, 6) is -0.709. The third kappa shape index (κ3) is 4.46. The van der Waals surface area contributed by atoms with E-state index < -0.39 is 27.9 Å². The standard InChI is InChI=1S/C19H18FN5O4S/c1-30(27,28)12-14-3-2-13(9-21-14)17-5-4-15(8-18(17)20)25-11-16(29-19(25)26)10-24-7-6-22-23-24/h2-9,16H,10-12H2,1H3/t16-/m0/s1. The Labute approximate surface area is 172 Å². The normalized spacial score (nSPS) is 16.7. The van der Waals surface area contributed by atoms with E-state index >= 15 is 0 Å². The van der Waals surface area contributed by atoms with E-state index in [9.17, 15) is 17.6 Å². The van der Waals surface area contributed by atoms with E-state index in [0.717, 1.165) is 6.26 Å². The Bertz CT molecular complexity index is 1170. The molecule has 0 N–H and O–H groups in total. The lowest BCUT2D eigenvalue weighted by Gasteiger charge is -2.14. The van der Waals surface area contributed by atoms with Gasteiger partial charge >= 0.3 is 6.09 Å². The van der Waals surface area contributed by atoms with Crippen molar-refractivity contribution < 1.29 is 22.3 Å². The molecular formula is C19H18FN5O4S. The molecular weight excluding hydrogens is 413 g/mol. The fourth-order valence-corrected chi connectivity index (χ4v) is 3.92. The van der Waals surface area contributed by atoms with Gasteiger partial charge in [-0.1, -0.05) is 11.3 Å². The van der Waals surface area contributed by atoms with E-state index in [1.807, 2.05) is 0 Å². The van der Waals surface area contributed by atoms with Gasteiger partial charge in [-0.25, -0.2) is 22.3 Å². The van der Waals surface area contributed by atoms with Crippen LogP contribution in [0.1, 0.15) is 5.69 Å². The van der Waals surface area contributed by atoms with Crippen LogP contribution in [0.3, 0.4) is 0 Å². The number of nitrogens with zero attached hydrogens (tertiary/aromatic N) is 5. The molecule has 156 valence electrons. The SMILES string of the molecule is CS(=O)(=O)Cc1ccc(-c2ccc(N3C[C@H](Cn4ccnn4)OC3=O)cc2F)cn1. The Balaban J connectivity index is 1.50. The highest BCUT2D eigenvalue weighted by molar-refractivity contribution is 7.89. The Kier molecular flexibility index (Phi) is 5.20. The van der Waals surface area contributed by atoms with Crippen LogP contribution in [0, 0.1) is 5.82 Å². The van der Waals surface area contributed by atoms with Crippen LogP contribution in [0.15, 0.2) is 48.9 Å². The number of carbonyl (C=O) groups excluding carboxylic acids is 1. The summed E-state index contributed by atoms with van der Waals surface area (Å²) in [7, 11) is -3.20. The molecule has 1 atom stereocenters. The molecule has 4 rings (SSSR count). The van der Waals surface area contributed by atoms with Crippen molar-refractivity contribution in [2.75, 3.05) is 17.7 Å². The van der Waals surface area contributed by atoms with Gasteiger partial charge in [-0.05, 0) is 24.3 Å². The summed E-state index contributed by atoms with van der Waals surface area (Å²) >= 11 is 0. The van der Waals surface area contributed by atoms with Gasteiger partial charge in [-0.3, -0.25) is 9.88 Å². The molecule has 0 aliphatic carbocycles. The van der Waals surface area contributed by atoms with Gasteiger partial charge in [0, 0.05) is 29.8 Å². The number of benzene rings is 1. The molecule has 1 aliphatic rings. The van der Waals surface area contributed by atoms with E-state index in [-0.39, 0.29) is 12.3 Å². The van der Waals surface area contributed by atoms with Crippen LogP contribution in [-0.2, 0) is 26.9 Å². The van der Waals surface area contributed by atoms with Crippen LogP contribution in [0.4, 0.5) is 14.9 Å². The molecule has 3 aromatic rings. The van der Waals surface area contributed by atoms with Crippen molar-refractivity contribution in [3.05, 3.63) is 60.4 Å². The van der Waals surface area contributed by atoms with Crippen molar-refractivity contribution in [3.8, 4) is 11.1 Å². The van der Waals surface area contributed by atoms with Crippen LogP contribution in [0.2, 0.25) is 0 Å². The average Bonchev–Trinajstić information content (AvgIpc) is 3.31. The molecule has 1 amide bonds. The maximum Gasteiger partial charge on any atom is 0.414 e. The first kappa shape index (κ1) is 20.0. The van der Waals surface area contributed by atoms with E-state index in [4.69, 9.17) is 4.74 Å². The summed E-state index contributed by atoms with van der Waals surface area (Å²) in [6.07, 6.45) is 4.77. The molecule has 0 spiro atoms. The van der Waals surface area contributed by atoms with Gasteiger partial charge in [0.25, 0.3) is 0 Å². The molecule has 2 aromatic heterocycles. The van der Waals surface area contributed by atoms with Gasteiger partial charge in [0.05, 0.1) is 36.4 Å². The van der Waals surface area contributed by atoms with Gasteiger partial charge in [0.15, 0.2) is 9.84 Å². The fraction of sp³-hybridized carbons (Fsp3) is 0.263. The summed E-state index contributed by atoms with van der Waals surface area (Å²) in [4.78, 5) is 17.7. The third-order valence-electron chi connectivity index (χ3n) is 4.55. The van der Waals surface area contributed by atoms with E-state index in [1.54, 1.807) is 35.1 Å².